The van der Waals surface area contributed by atoms with Crippen molar-refractivity contribution in [2.45, 2.75) is 33.4 Å². The van der Waals surface area contributed by atoms with Crippen molar-refractivity contribution in [3.05, 3.63) is 197 Å². The summed E-state index contributed by atoms with van der Waals surface area (Å²) >= 11 is 1.01. The van der Waals surface area contributed by atoms with Gasteiger partial charge < -0.3 is 14.6 Å². The maximum Gasteiger partial charge on any atom is 0.285 e. The minimum Gasteiger partial charge on any atom is -0.489 e. The van der Waals surface area contributed by atoms with Crippen molar-refractivity contribution in [3.63, 3.8) is 0 Å². The maximum absolute atomic E-state index is 14.3. The molecule has 5 aromatic rings. The highest BCUT2D eigenvalue weighted by Gasteiger charge is 2.35. The second-order valence-corrected chi connectivity index (χ2v) is 13.8. The number of halogens is 1. The third kappa shape index (κ3) is 9.22. The summed E-state index contributed by atoms with van der Waals surface area (Å²) in [5, 5.41) is 3.21. The molecule has 0 aliphatic carbocycles. The van der Waals surface area contributed by atoms with E-state index in [-0.39, 0.29) is 28.2 Å². The minimum atomic E-state index is -0.698. The number of thioether (sulfide) groups is 1. The molecular weight excluding hydrogens is 724 g/mol. The van der Waals surface area contributed by atoms with Gasteiger partial charge in [-0.15, -0.1) is 0 Å². The predicted octanol–water partition coefficient (Wildman–Crippen LogP) is 9.21. The zero-order valence-corrected chi connectivity index (χ0v) is 32.1. The molecule has 0 saturated carbocycles. The molecule has 2 heterocycles. The van der Waals surface area contributed by atoms with Gasteiger partial charge in [0.15, 0.2) is 5.17 Å². The second kappa shape index (κ2) is 18.2. The molecule has 1 aliphatic heterocycles. The fourth-order valence-electron chi connectivity index (χ4n) is 6.32. The Bertz CT molecular complexity index is 2310. The number of amidine groups is 1. The Hall–Kier alpha value is -6.52. The van der Waals surface area contributed by atoms with Crippen LogP contribution < -0.4 is 10.1 Å². The van der Waals surface area contributed by atoms with E-state index < -0.39 is 17.9 Å². The molecule has 10 heteroatoms. The fraction of sp³-hybridized carbons (Fsp3) is 0.130. The number of hydrogen-bond acceptors (Lipinski definition) is 5. The molecule has 8 nitrogen and oxygen atoms in total. The van der Waals surface area contributed by atoms with Crippen LogP contribution in [0.2, 0.25) is 0 Å². The van der Waals surface area contributed by atoms with Gasteiger partial charge in [-0.2, -0.15) is 4.99 Å². The van der Waals surface area contributed by atoms with Crippen LogP contribution in [0.4, 0.5) is 4.39 Å². The molecule has 1 aliphatic rings. The van der Waals surface area contributed by atoms with E-state index >= 15 is 0 Å². The van der Waals surface area contributed by atoms with Crippen LogP contribution in [0, 0.1) is 19.7 Å². The van der Waals surface area contributed by atoms with Crippen LogP contribution >= 0.6 is 11.8 Å². The number of benzene rings is 4. The van der Waals surface area contributed by atoms with E-state index in [0.717, 1.165) is 45.5 Å². The van der Waals surface area contributed by atoms with Gasteiger partial charge in [0.05, 0.1) is 11.8 Å². The summed E-state index contributed by atoms with van der Waals surface area (Å²) in [6.07, 6.45) is 8.29. The molecule has 6 rings (SSSR count). The van der Waals surface area contributed by atoms with Crippen molar-refractivity contribution in [1.29, 1.82) is 0 Å². The summed E-state index contributed by atoms with van der Waals surface area (Å²) < 4.78 is 21.2. The van der Waals surface area contributed by atoms with E-state index in [0.29, 0.717) is 23.6 Å². The van der Waals surface area contributed by atoms with E-state index in [2.05, 4.69) is 16.9 Å². The number of ether oxygens (including phenoxy) is 1. The van der Waals surface area contributed by atoms with E-state index in [9.17, 15) is 18.8 Å². The molecule has 1 aromatic heterocycles. The molecule has 0 unspecified atom stereocenters. The molecule has 4 aromatic carbocycles. The lowest BCUT2D eigenvalue weighted by Crippen LogP contribution is -2.42. The zero-order valence-electron chi connectivity index (χ0n) is 31.3. The first kappa shape index (κ1) is 39.2. The van der Waals surface area contributed by atoms with Crippen LogP contribution in [0.3, 0.4) is 0 Å². The van der Waals surface area contributed by atoms with E-state index in [4.69, 9.17) is 4.74 Å². The molecule has 282 valence electrons. The van der Waals surface area contributed by atoms with E-state index in [1.54, 1.807) is 49.4 Å². The standard InChI is InChI=1S/C46H41FN4O4S/c1-5-7-18-38(6-2)51-45(54)41(44(53)49-46(51)56-30-42(52)48-43(34-14-10-8-11-15-34)35-16-12-9-13-17-35)28-36-27-31(3)50(32(36)4)39-23-25-40(26-24-39)55-29-33-19-21-37(47)22-20-33/h5-28,43H,1,29-30H2,2-4H3,(H,48,52)/b18-7-,38-6+,41-28+. The molecule has 0 saturated heterocycles. The molecule has 0 atom stereocenters. The topological polar surface area (TPSA) is 93.0 Å². The molecule has 0 bridgehead atoms. The highest BCUT2D eigenvalue weighted by molar-refractivity contribution is 8.14. The van der Waals surface area contributed by atoms with Crippen molar-refractivity contribution in [3.8, 4) is 11.4 Å². The Balaban J connectivity index is 1.23. The third-order valence-electron chi connectivity index (χ3n) is 9.10. The Morgan fingerprint density at radius 3 is 2.18 bits per heavy atom. The normalized spacial score (nSPS) is 14.1. The van der Waals surface area contributed by atoms with Crippen LogP contribution in [-0.2, 0) is 21.0 Å². The average Bonchev–Trinajstić information content (AvgIpc) is 3.50. The Morgan fingerprint density at radius 1 is 0.929 bits per heavy atom. The molecule has 56 heavy (non-hydrogen) atoms. The van der Waals surface area contributed by atoms with Gasteiger partial charge in [0, 0.05) is 22.8 Å². The first-order chi connectivity index (χ1) is 27.2. The van der Waals surface area contributed by atoms with Crippen molar-refractivity contribution >= 4 is 40.7 Å². The summed E-state index contributed by atoms with van der Waals surface area (Å²) in [6.45, 7) is 9.69. The molecule has 0 radical (unpaired) electrons. The average molecular weight is 765 g/mol. The largest absolute Gasteiger partial charge is 0.489 e. The van der Waals surface area contributed by atoms with Gasteiger partial charge in [0.2, 0.25) is 5.91 Å². The smallest absolute Gasteiger partial charge is 0.285 e. The predicted molar refractivity (Wildman–Crippen MR) is 222 cm³/mol. The van der Waals surface area contributed by atoms with Gasteiger partial charge in [0.1, 0.15) is 23.7 Å². The van der Waals surface area contributed by atoms with E-state index in [1.165, 1.54) is 17.0 Å². The van der Waals surface area contributed by atoms with Gasteiger partial charge in [-0.3, -0.25) is 19.3 Å². The highest BCUT2D eigenvalue weighted by atomic mass is 32.2. The van der Waals surface area contributed by atoms with Gasteiger partial charge in [-0.05, 0) is 97.6 Å². The Labute approximate surface area is 330 Å². The summed E-state index contributed by atoms with van der Waals surface area (Å²) in [4.78, 5) is 47.2. The Morgan fingerprint density at radius 2 is 1.57 bits per heavy atom. The highest BCUT2D eigenvalue weighted by Crippen LogP contribution is 2.30. The van der Waals surface area contributed by atoms with Crippen molar-refractivity contribution in [2.24, 2.45) is 4.99 Å². The molecule has 0 spiro atoms. The van der Waals surface area contributed by atoms with Gasteiger partial charge >= 0.3 is 0 Å². The van der Waals surface area contributed by atoms with Crippen molar-refractivity contribution in [2.75, 3.05) is 5.75 Å². The summed E-state index contributed by atoms with van der Waals surface area (Å²) in [6, 6.07) is 34.6. The van der Waals surface area contributed by atoms with Crippen molar-refractivity contribution < 1.29 is 23.5 Å². The van der Waals surface area contributed by atoms with Gasteiger partial charge in [-0.25, -0.2) is 4.39 Å². The number of carbonyl (C=O) groups excluding carboxylic acids is 3. The number of amides is 3. The van der Waals surface area contributed by atoms with Crippen LogP contribution in [-0.4, -0.2) is 38.1 Å². The molecule has 1 N–H and O–H groups in total. The summed E-state index contributed by atoms with van der Waals surface area (Å²) in [7, 11) is 0. The summed E-state index contributed by atoms with van der Waals surface area (Å²) in [5.74, 6) is -1.29. The zero-order chi connectivity index (χ0) is 39.6. The van der Waals surface area contributed by atoms with Crippen LogP contribution in [0.15, 0.2) is 162 Å². The monoisotopic (exact) mass is 764 g/mol. The molecular formula is C46H41FN4O4S. The quantitative estimate of drug-likeness (QED) is 0.0734. The van der Waals surface area contributed by atoms with Crippen molar-refractivity contribution in [1.82, 2.24) is 14.8 Å². The molecule has 0 fully saturated rings. The number of rotatable bonds is 13. The lowest BCUT2D eigenvalue weighted by molar-refractivity contribution is -0.126. The number of carbonyl (C=O) groups is 3. The number of hydrogen-bond donors (Lipinski definition) is 1. The second-order valence-electron chi connectivity index (χ2n) is 12.9. The number of nitrogens with zero attached hydrogens (tertiary/aromatic N) is 3. The van der Waals surface area contributed by atoms with Crippen LogP contribution in [0.1, 0.15) is 46.6 Å². The number of aryl methyl sites for hydroxylation is 1. The van der Waals surface area contributed by atoms with Crippen LogP contribution in [0.5, 0.6) is 5.75 Å². The minimum absolute atomic E-state index is 0.0928. The number of allylic oxidation sites excluding steroid dienone is 4. The maximum atomic E-state index is 14.3. The fourth-order valence-corrected chi connectivity index (χ4v) is 7.13. The molecule has 3 amide bonds. The number of aliphatic imine (C=N–C) groups is 1. The summed E-state index contributed by atoms with van der Waals surface area (Å²) in [5.41, 5.74) is 6.30. The Kier molecular flexibility index (Phi) is 12.7. The number of nitrogens with one attached hydrogen (secondary N) is 1. The third-order valence-corrected chi connectivity index (χ3v) is 10.0. The SMILES string of the molecule is C=C/C=C\C(=C/C)N1C(=O)/C(=C/c2cc(C)n(-c3ccc(OCc4ccc(F)cc4)cc3)c2C)C(=O)N=C1SCC(=O)NC(c1ccccc1)c1ccccc1. The first-order valence-electron chi connectivity index (χ1n) is 18.0. The lowest BCUT2D eigenvalue weighted by Gasteiger charge is -2.28. The van der Waals surface area contributed by atoms with Gasteiger partial charge in [-0.1, -0.05) is 109 Å². The lowest BCUT2D eigenvalue weighted by atomic mass is 9.99. The number of aromatic nitrogens is 1. The van der Waals surface area contributed by atoms with E-state index in [1.807, 2.05) is 109 Å². The first-order valence-corrected chi connectivity index (χ1v) is 19.0. The van der Waals surface area contributed by atoms with Crippen LogP contribution in [0.25, 0.3) is 11.8 Å². The van der Waals surface area contributed by atoms with Gasteiger partial charge in [0.25, 0.3) is 11.8 Å².